The second kappa shape index (κ2) is 5.79. The van der Waals surface area contributed by atoms with E-state index >= 15 is 0 Å². The van der Waals surface area contributed by atoms with E-state index in [4.69, 9.17) is 16.9 Å². The summed E-state index contributed by atoms with van der Waals surface area (Å²) >= 11 is 9.09. The molecule has 20 heavy (non-hydrogen) atoms. The van der Waals surface area contributed by atoms with Crippen LogP contribution in [0.5, 0.6) is 0 Å². The zero-order valence-corrected chi connectivity index (χ0v) is 13.0. The van der Waals surface area contributed by atoms with Crippen LogP contribution < -0.4 is 4.72 Å². The quantitative estimate of drug-likeness (QED) is 0.897. The minimum Gasteiger partial charge on any atom is -0.263 e. The number of nitrogens with one attached hydrogen (secondary N) is 1. The van der Waals surface area contributed by atoms with Gasteiger partial charge in [-0.25, -0.2) is 13.4 Å². The first-order valence-corrected chi connectivity index (χ1v) is 7.92. The Balaban J connectivity index is 2.36. The lowest BCUT2D eigenvalue weighted by Gasteiger charge is -2.08. The molecule has 102 valence electrons. The standard InChI is InChI=1S/C12H7BrClN3O2S/c13-9-2-4-12(16-7-9)17-20(18,19)11-3-1-8(6-15)5-10(11)14/h1-5,7H,(H,16,17). The van der Waals surface area contributed by atoms with Crippen LogP contribution in [0.3, 0.4) is 0 Å². The molecule has 1 N–H and O–H groups in total. The molecule has 5 nitrogen and oxygen atoms in total. The first-order chi connectivity index (χ1) is 9.42. The molecule has 0 bridgehead atoms. The number of nitriles is 1. The minimum atomic E-state index is -3.85. The second-order valence-electron chi connectivity index (χ2n) is 3.72. The van der Waals surface area contributed by atoms with Crippen LogP contribution in [0.4, 0.5) is 5.82 Å². The normalized spacial score (nSPS) is 10.8. The molecule has 0 aliphatic carbocycles. The molecule has 0 saturated heterocycles. The van der Waals surface area contributed by atoms with Crippen molar-refractivity contribution in [3.8, 4) is 6.07 Å². The molecule has 0 unspecified atom stereocenters. The predicted molar refractivity (Wildman–Crippen MR) is 78.9 cm³/mol. The number of sulfonamides is 1. The van der Waals surface area contributed by atoms with E-state index < -0.39 is 10.0 Å². The van der Waals surface area contributed by atoms with Crippen molar-refractivity contribution >= 4 is 43.4 Å². The predicted octanol–water partition coefficient (Wildman–Crippen LogP) is 3.17. The van der Waals surface area contributed by atoms with Gasteiger partial charge in [0.25, 0.3) is 10.0 Å². The molecule has 0 atom stereocenters. The van der Waals surface area contributed by atoms with E-state index in [1.54, 1.807) is 6.07 Å². The van der Waals surface area contributed by atoms with Crippen LogP contribution in [-0.4, -0.2) is 13.4 Å². The van der Waals surface area contributed by atoms with Gasteiger partial charge < -0.3 is 0 Å². The van der Waals surface area contributed by atoms with Gasteiger partial charge in [-0.1, -0.05) is 11.6 Å². The van der Waals surface area contributed by atoms with Gasteiger partial charge in [-0.15, -0.1) is 0 Å². The molecule has 8 heteroatoms. The summed E-state index contributed by atoms with van der Waals surface area (Å²) in [7, 11) is -3.85. The minimum absolute atomic E-state index is 0.0198. The number of pyridine rings is 1. The third-order valence-corrected chi connectivity index (χ3v) is 4.62. The highest BCUT2D eigenvalue weighted by molar-refractivity contribution is 9.10. The fraction of sp³-hybridized carbons (Fsp3) is 0. The Bertz CT molecular complexity index is 785. The summed E-state index contributed by atoms with van der Waals surface area (Å²) in [5, 5.41) is 8.71. The van der Waals surface area contributed by atoms with Crippen molar-refractivity contribution in [1.29, 1.82) is 5.26 Å². The van der Waals surface area contributed by atoms with Crippen molar-refractivity contribution in [2.75, 3.05) is 4.72 Å². The zero-order chi connectivity index (χ0) is 14.8. The lowest BCUT2D eigenvalue weighted by Crippen LogP contribution is -2.14. The summed E-state index contributed by atoms with van der Waals surface area (Å²) in [6.07, 6.45) is 1.47. The fourth-order valence-corrected chi connectivity index (χ4v) is 3.21. The zero-order valence-electron chi connectivity index (χ0n) is 9.84. The van der Waals surface area contributed by atoms with Crippen LogP contribution in [0.2, 0.25) is 5.02 Å². The van der Waals surface area contributed by atoms with Crippen LogP contribution in [0.15, 0.2) is 45.9 Å². The van der Waals surface area contributed by atoms with E-state index in [1.807, 2.05) is 6.07 Å². The Labute approximate surface area is 129 Å². The topological polar surface area (TPSA) is 82.8 Å². The third-order valence-electron chi connectivity index (χ3n) is 2.32. The first-order valence-electron chi connectivity index (χ1n) is 5.26. The molecular weight excluding hydrogens is 366 g/mol. The van der Waals surface area contributed by atoms with E-state index in [2.05, 4.69) is 25.6 Å². The number of benzene rings is 1. The fourth-order valence-electron chi connectivity index (χ4n) is 1.42. The summed E-state index contributed by atoms with van der Waals surface area (Å²) < 4.78 is 27.4. The molecule has 2 rings (SSSR count). The van der Waals surface area contributed by atoms with E-state index in [0.717, 1.165) is 4.47 Å². The van der Waals surface area contributed by atoms with Crippen LogP contribution in [0.1, 0.15) is 5.56 Å². The van der Waals surface area contributed by atoms with Crippen molar-refractivity contribution in [3.63, 3.8) is 0 Å². The Morgan fingerprint density at radius 2 is 2.05 bits per heavy atom. The summed E-state index contributed by atoms with van der Waals surface area (Å²) in [5.41, 5.74) is 0.288. The number of rotatable bonds is 3. The number of hydrogen-bond acceptors (Lipinski definition) is 4. The van der Waals surface area contributed by atoms with Gasteiger partial charge in [0.1, 0.15) is 10.7 Å². The van der Waals surface area contributed by atoms with Crippen molar-refractivity contribution in [1.82, 2.24) is 4.98 Å². The maximum atomic E-state index is 12.2. The molecule has 1 heterocycles. The summed E-state index contributed by atoms with van der Waals surface area (Å²) in [4.78, 5) is 3.81. The van der Waals surface area contributed by atoms with Gasteiger partial charge in [0.2, 0.25) is 0 Å². The van der Waals surface area contributed by atoms with Gasteiger partial charge >= 0.3 is 0 Å². The van der Waals surface area contributed by atoms with E-state index in [-0.39, 0.29) is 21.3 Å². The number of anilines is 1. The van der Waals surface area contributed by atoms with Crippen molar-refractivity contribution in [2.45, 2.75) is 4.90 Å². The molecule has 0 amide bonds. The Morgan fingerprint density at radius 1 is 1.30 bits per heavy atom. The highest BCUT2D eigenvalue weighted by Crippen LogP contribution is 2.24. The summed E-state index contributed by atoms with van der Waals surface area (Å²) in [6.45, 7) is 0. The number of halogens is 2. The van der Waals surface area contributed by atoms with Gasteiger partial charge in [0.05, 0.1) is 16.7 Å². The molecular formula is C12H7BrClN3O2S. The number of hydrogen-bond donors (Lipinski definition) is 1. The molecule has 0 fully saturated rings. The monoisotopic (exact) mass is 371 g/mol. The molecule has 0 radical (unpaired) electrons. The number of aromatic nitrogens is 1. The molecule has 0 aliphatic rings. The second-order valence-corrected chi connectivity index (χ2v) is 6.70. The summed E-state index contributed by atoms with van der Waals surface area (Å²) in [6, 6.07) is 9.02. The maximum absolute atomic E-state index is 12.2. The highest BCUT2D eigenvalue weighted by Gasteiger charge is 2.18. The van der Waals surface area contributed by atoms with E-state index in [0.29, 0.717) is 0 Å². The van der Waals surface area contributed by atoms with Crippen LogP contribution in [0.25, 0.3) is 0 Å². The lowest BCUT2D eigenvalue weighted by atomic mass is 10.2. The van der Waals surface area contributed by atoms with Gasteiger partial charge in [-0.2, -0.15) is 5.26 Å². The van der Waals surface area contributed by atoms with Crippen molar-refractivity contribution in [3.05, 3.63) is 51.6 Å². The molecule has 0 saturated carbocycles. The van der Waals surface area contributed by atoms with Crippen LogP contribution >= 0.6 is 27.5 Å². The Hall–Kier alpha value is -1.62. The molecule has 0 spiro atoms. The Kier molecular flexibility index (Phi) is 4.28. The SMILES string of the molecule is N#Cc1ccc(S(=O)(=O)Nc2ccc(Br)cn2)c(Cl)c1. The summed E-state index contributed by atoms with van der Waals surface area (Å²) in [5.74, 6) is 0.175. The average molecular weight is 373 g/mol. The van der Waals surface area contributed by atoms with E-state index in [1.165, 1.54) is 30.5 Å². The van der Waals surface area contributed by atoms with Gasteiger partial charge in [0, 0.05) is 10.7 Å². The lowest BCUT2D eigenvalue weighted by molar-refractivity contribution is 0.601. The Morgan fingerprint density at radius 3 is 2.60 bits per heavy atom. The van der Waals surface area contributed by atoms with Crippen LogP contribution in [-0.2, 0) is 10.0 Å². The maximum Gasteiger partial charge on any atom is 0.264 e. The molecule has 1 aromatic heterocycles. The van der Waals surface area contributed by atoms with Crippen molar-refractivity contribution < 1.29 is 8.42 Å². The van der Waals surface area contributed by atoms with Gasteiger partial charge in [0.15, 0.2) is 0 Å². The largest absolute Gasteiger partial charge is 0.264 e. The van der Waals surface area contributed by atoms with Gasteiger partial charge in [-0.05, 0) is 46.3 Å². The first kappa shape index (κ1) is 14.8. The van der Waals surface area contributed by atoms with Crippen molar-refractivity contribution in [2.24, 2.45) is 0 Å². The third kappa shape index (κ3) is 3.28. The molecule has 1 aromatic carbocycles. The van der Waals surface area contributed by atoms with Gasteiger partial charge in [-0.3, -0.25) is 4.72 Å². The molecule has 2 aromatic rings. The smallest absolute Gasteiger partial charge is 0.263 e. The highest BCUT2D eigenvalue weighted by atomic mass is 79.9. The number of nitrogens with zero attached hydrogens (tertiary/aromatic N) is 2. The molecule has 0 aliphatic heterocycles. The van der Waals surface area contributed by atoms with E-state index in [9.17, 15) is 8.42 Å². The van der Waals surface area contributed by atoms with Crippen LogP contribution in [0, 0.1) is 11.3 Å². The average Bonchev–Trinajstić information content (AvgIpc) is 2.40.